The van der Waals surface area contributed by atoms with Crippen molar-refractivity contribution < 1.29 is 24.3 Å². The second kappa shape index (κ2) is 18.7. The molecule has 1 aromatic heterocycles. The topological polar surface area (TPSA) is 178 Å². The van der Waals surface area contributed by atoms with Crippen LogP contribution in [-0.2, 0) is 38.4 Å². The number of nitrogens with two attached hydrogens (primary N) is 1. The SMILES string of the molecule is CC(C)CCNC(=O)[C@H](CC(C)C)NC(=O)[C@@H](Cc1c[nH]c2ccccc12)NC(=O)[C@H](Cc1ccccc1)NC(=O)[C@H](N)Cc1ccc(O)cc1. The summed E-state index contributed by atoms with van der Waals surface area (Å²) in [6, 6.07) is 19.4. The van der Waals surface area contributed by atoms with Gasteiger partial charge in [-0.3, -0.25) is 19.2 Å². The number of hydrogen-bond acceptors (Lipinski definition) is 6. The Hall–Kier alpha value is -5.16. The van der Waals surface area contributed by atoms with Crippen molar-refractivity contribution in [2.24, 2.45) is 17.6 Å². The first-order valence-electron chi connectivity index (χ1n) is 17.7. The van der Waals surface area contributed by atoms with Crippen LogP contribution in [0.4, 0.5) is 0 Å². The Balaban J connectivity index is 1.58. The predicted octanol–water partition coefficient (Wildman–Crippen LogP) is 3.89. The van der Waals surface area contributed by atoms with Crippen molar-refractivity contribution in [1.82, 2.24) is 26.3 Å². The number of rotatable bonds is 18. The third kappa shape index (κ3) is 12.0. The molecule has 272 valence electrons. The van der Waals surface area contributed by atoms with E-state index in [4.69, 9.17) is 5.73 Å². The molecular weight excluding hydrogens is 644 g/mol. The number of aromatic nitrogens is 1. The van der Waals surface area contributed by atoms with Crippen molar-refractivity contribution >= 4 is 34.5 Å². The number of fused-ring (bicyclic) bond motifs is 1. The molecule has 4 aromatic rings. The standard InChI is InChI=1S/C40H52N6O5/c1-25(2)18-19-42-38(49)34(20-26(3)4)45-40(51)36(23-29-24-43-33-13-9-8-12-31(29)33)46-39(50)35(22-27-10-6-5-7-11-27)44-37(48)32(41)21-28-14-16-30(47)17-15-28/h5-17,24-26,32,34-36,43,47H,18-23,41H2,1-4H3,(H,42,49)(H,44,48)(H,45,51)(H,46,50)/t32-,34+,35+,36-/m1/s1. The number of phenols is 1. The Bertz CT molecular complexity index is 1740. The van der Waals surface area contributed by atoms with Gasteiger partial charge in [-0.25, -0.2) is 0 Å². The van der Waals surface area contributed by atoms with E-state index in [9.17, 15) is 24.3 Å². The molecule has 0 aliphatic carbocycles. The summed E-state index contributed by atoms with van der Waals surface area (Å²) in [7, 11) is 0. The van der Waals surface area contributed by atoms with E-state index in [1.54, 1.807) is 12.1 Å². The van der Waals surface area contributed by atoms with E-state index in [0.717, 1.165) is 34.0 Å². The Morgan fingerprint density at radius 3 is 1.92 bits per heavy atom. The Labute approximate surface area is 300 Å². The van der Waals surface area contributed by atoms with Crippen molar-refractivity contribution in [2.75, 3.05) is 6.54 Å². The van der Waals surface area contributed by atoms with Gasteiger partial charge in [0.2, 0.25) is 23.6 Å². The molecule has 0 spiro atoms. The third-order valence-electron chi connectivity index (χ3n) is 8.74. The molecule has 51 heavy (non-hydrogen) atoms. The second-order valence-corrected chi connectivity index (χ2v) is 14.0. The number of para-hydroxylation sites is 1. The summed E-state index contributed by atoms with van der Waals surface area (Å²) in [6.45, 7) is 8.61. The molecule has 4 atom stereocenters. The summed E-state index contributed by atoms with van der Waals surface area (Å²) in [4.78, 5) is 58.2. The summed E-state index contributed by atoms with van der Waals surface area (Å²) in [5.41, 5.74) is 9.54. The molecule has 0 aliphatic heterocycles. The average molecular weight is 697 g/mol. The molecule has 0 saturated heterocycles. The third-order valence-corrected chi connectivity index (χ3v) is 8.74. The van der Waals surface area contributed by atoms with Gasteiger partial charge < -0.3 is 37.1 Å². The number of hydrogen-bond donors (Lipinski definition) is 7. The maximum absolute atomic E-state index is 14.1. The molecule has 0 saturated carbocycles. The molecule has 0 aliphatic rings. The van der Waals surface area contributed by atoms with E-state index >= 15 is 0 Å². The van der Waals surface area contributed by atoms with Gasteiger partial charge in [0.05, 0.1) is 6.04 Å². The van der Waals surface area contributed by atoms with Crippen molar-refractivity contribution in [2.45, 2.75) is 84.0 Å². The van der Waals surface area contributed by atoms with Crippen molar-refractivity contribution in [3.8, 4) is 5.75 Å². The van der Waals surface area contributed by atoms with Gasteiger partial charge in [-0.05, 0) is 66.0 Å². The first-order valence-corrected chi connectivity index (χ1v) is 17.7. The number of nitrogens with one attached hydrogen (secondary N) is 5. The highest BCUT2D eigenvalue weighted by molar-refractivity contribution is 5.95. The van der Waals surface area contributed by atoms with E-state index in [1.807, 2.05) is 74.6 Å². The van der Waals surface area contributed by atoms with Crippen LogP contribution in [0.2, 0.25) is 0 Å². The minimum absolute atomic E-state index is 0.102. The van der Waals surface area contributed by atoms with Crippen LogP contribution >= 0.6 is 0 Å². The van der Waals surface area contributed by atoms with Crippen LogP contribution in [0.3, 0.4) is 0 Å². The first kappa shape index (κ1) is 38.6. The number of phenolic OH excluding ortho intramolecular Hbond substituents is 1. The fourth-order valence-corrected chi connectivity index (χ4v) is 5.90. The van der Waals surface area contributed by atoms with Gasteiger partial charge in [0.25, 0.3) is 0 Å². The van der Waals surface area contributed by atoms with Crippen molar-refractivity contribution in [1.29, 1.82) is 0 Å². The summed E-state index contributed by atoms with van der Waals surface area (Å²) in [5.74, 6) is -1.25. The second-order valence-electron chi connectivity index (χ2n) is 14.0. The number of benzene rings is 3. The maximum Gasteiger partial charge on any atom is 0.243 e. The molecule has 0 unspecified atom stereocenters. The lowest BCUT2D eigenvalue weighted by Crippen LogP contribution is -2.59. The monoisotopic (exact) mass is 696 g/mol. The normalized spacial score (nSPS) is 13.7. The van der Waals surface area contributed by atoms with Crippen molar-refractivity contribution in [3.05, 3.63) is 102 Å². The minimum atomic E-state index is -1.07. The lowest BCUT2D eigenvalue weighted by Gasteiger charge is -2.26. The molecule has 8 N–H and O–H groups in total. The zero-order valence-corrected chi connectivity index (χ0v) is 29.9. The quantitative estimate of drug-likeness (QED) is 0.0830. The lowest BCUT2D eigenvalue weighted by atomic mass is 9.99. The highest BCUT2D eigenvalue weighted by atomic mass is 16.3. The van der Waals surface area contributed by atoms with Crippen LogP contribution in [0.25, 0.3) is 10.9 Å². The Kier molecular flexibility index (Phi) is 14.2. The maximum atomic E-state index is 14.1. The fourth-order valence-electron chi connectivity index (χ4n) is 5.90. The predicted molar refractivity (Wildman–Crippen MR) is 200 cm³/mol. The number of H-pyrrole nitrogens is 1. The largest absolute Gasteiger partial charge is 0.508 e. The minimum Gasteiger partial charge on any atom is -0.508 e. The van der Waals surface area contributed by atoms with E-state index in [-0.39, 0.29) is 36.8 Å². The van der Waals surface area contributed by atoms with Crippen LogP contribution in [0.15, 0.2) is 85.1 Å². The van der Waals surface area contributed by atoms with E-state index in [2.05, 4.69) is 40.1 Å². The molecule has 3 aromatic carbocycles. The molecule has 4 rings (SSSR count). The molecule has 1 heterocycles. The average Bonchev–Trinajstić information content (AvgIpc) is 3.50. The zero-order valence-electron chi connectivity index (χ0n) is 29.9. The molecule has 11 heteroatoms. The van der Waals surface area contributed by atoms with Crippen LogP contribution in [0.5, 0.6) is 5.75 Å². The Morgan fingerprint density at radius 1 is 0.667 bits per heavy atom. The van der Waals surface area contributed by atoms with Gasteiger partial charge in [-0.2, -0.15) is 0 Å². The van der Waals surface area contributed by atoms with Gasteiger partial charge in [-0.1, -0.05) is 88.4 Å². The Morgan fingerprint density at radius 2 is 1.25 bits per heavy atom. The van der Waals surface area contributed by atoms with Gasteiger partial charge >= 0.3 is 0 Å². The summed E-state index contributed by atoms with van der Waals surface area (Å²) in [6.07, 6.45) is 3.51. The number of carbonyl (C=O) groups is 4. The highest BCUT2D eigenvalue weighted by Crippen LogP contribution is 2.20. The molecule has 11 nitrogen and oxygen atoms in total. The zero-order chi connectivity index (χ0) is 36.9. The highest BCUT2D eigenvalue weighted by Gasteiger charge is 2.31. The number of aromatic amines is 1. The number of amides is 4. The molecular formula is C40H52N6O5. The van der Waals surface area contributed by atoms with Gasteiger partial charge in [0.1, 0.15) is 23.9 Å². The first-order chi connectivity index (χ1) is 24.4. The van der Waals surface area contributed by atoms with Gasteiger partial charge in [-0.15, -0.1) is 0 Å². The van der Waals surface area contributed by atoms with Gasteiger partial charge in [0, 0.05) is 36.5 Å². The summed E-state index contributed by atoms with van der Waals surface area (Å²) in [5, 5.41) is 22.2. The molecule has 4 amide bonds. The van der Waals surface area contributed by atoms with E-state index < -0.39 is 41.9 Å². The van der Waals surface area contributed by atoms with Crippen LogP contribution < -0.4 is 27.0 Å². The molecule has 0 bridgehead atoms. The fraction of sp³-hybridized carbons (Fsp3) is 0.400. The molecule has 0 radical (unpaired) electrons. The van der Waals surface area contributed by atoms with Crippen LogP contribution in [0, 0.1) is 11.8 Å². The van der Waals surface area contributed by atoms with Crippen molar-refractivity contribution in [3.63, 3.8) is 0 Å². The van der Waals surface area contributed by atoms with Crippen LogP contribution in [-0.4, -0.2) is 64.4 Å². The molecule has 0 fully saturated rings. The lowest BCUT2D eigenvalue weighted by molar-refractivity contribution is -0.134. The smallest absolute Gasteiger partial charge is 0.243 e. The van der Waals surface area contributed by atoms with E-state index in [1.165, 1.54) is 12.1 Å². The van der Waals surface area contributed by atoms with E-state index in [0.29, 0.717) is 18.9 Å². The van der Waals surface area contributed by atoms with Crippen LogP contribution in [0.1, 0.15) is 57.2 Å². The summed E-state index contributed by atoms with van der Waals surface area (Å²) >= 11 is 0. The van der Waals surface area contributed by atoms with Gasteiger partial charge in [0.15, 0.2) is 0 Å². The number of carbonyl (C=O) groups excluding carboxylic acids is 4. The number of aromatic hydroxyl groups is 1. The summed E-state index contributed by atoms with van der Waals surface area (Å²) < 4.78 is 0.